The first-order valence-electron chi connectivity index (χ1n) is 10.5. The van der Waals surface area contributed by atoms with E-state index in [1.807, 2.05) is 37.6 Å². The lowest BCUT2D eigenvalue weighted by molar-refractivity contribution is -0.116. The van der Waals surface area contributed by atoms with Crippen LogP contribution in [0, 0.1) is 20.8 Å². The number of ether oxygens (including phenoxy) is 1. The maximum atomic E-state index is 12.5. The van der Waals surface area contributed by atoms with Crippen LogP contribution >= 0.6 is 11.3 Å². The van der Waals surface area contributed by atoms with Crippen LogP contribution in [0.15, 0.2) is 58.5 Å². The molecule has 4 nitrogen and oxygen atoms in total. The number of rotatable bonds is 6. The summed E-state index contributed by atoms with van der Waals surface area (Å²) >= 11 is 1.63. The van der Waals surface area contributed by atoms with Crippen LogP contribution in [-0.2, 0) is 11.3 Å². The predicted molar refractivity (Wildman–Crippen MR) is 132 cm³/mol. The number of aryl methyl sites for hydroxylation is 3. The number of hydrogen-bond acceptors (Lipinski definition) is 4. The fourth-order valence-electron chi connectivity index (χ4n) is 4.11. The standard InChI is InChI=1S/C27H27NO3S/c1-16-8-9-21(17(2)11-16)24-15-31-27-19(4)26(30-5)22(13-23(24)27)18(3)12-25(29)28-14-20-7-6-10-32-20/h6-13,15H,14H2,1-5H3,(H,28,29)/b18-12+. The van der Waals surface area contributed by atoms with Gasteiger partial charge in [-0.15, -0.1) is 11.3 Å². The van der Waals surface area contributed by atoms with E-state index in [-0.39, 0.29) is 5.91 Å². The number of fused-ring (bicyclic) bond motifs is 1. The molecule has 0 bridgehead atoms. The van der Waals surface area contributed by atoms with Crippen molar-refractivity contribution in [1.82, 2.24) is 5.32 Å². The molecule has 0 fully saturated rings. The molecule has 0 atom stereocenters. The van der Waals surface area contributed by atoms with Crippen molar-refractivity contribution >= 4 is 33.8 Å². The van der Waals surface area contributed by atoms with Crippen LogP contribution in [0.4, 0.5) is 0 Å². The highest BCUT2D eigenvalue weighted by molar-refractivity contribution is 7.09. The van der Waals surface area contributed by atoms with Crippen LogP contribution in [0.5, 0.6) is 5.75 Å². The van der Waals surface area contributed by atoms with E-state index < -0.39 is 0 Å². The first-order chi connectivity index (χ1) is 15.4. The molecule has 2 heterocycles. The number of furan rings is 1. The average Bonchev–Trinajstić information content (AvgIpc) is 3.42. The van der Waals surface area contributed by atoms with Crippen molar-refractivity contribution in [3.05, 3.63) is 81.2 Å². The second-order valence-electron chi connectivity index (χ2n) is 8.05. The van der Waals surface area contributed by atoms with E-state index in [9.17, 15) is 4.79 Å². The molecule has 0 spiro atoms. The zero-order chi connectivity index (χ0) is 22.8. The fourth-order valence-corrected chi connectivity index (χ4v) is 4.75. The van der Waals surface area contributed by atoms with Gasteiger partial charge in [-0.1, -0.05) is 29.8 Å². The molecule has 1 N–H and O–H groups in total. The molecule has 4 rings (SSSR count). The molecule has 1 amide bonds. The minimum atomic E-state index is -0.127. The lowest BCUT2D eigenvalue weighted by atomic mass is 9.94. The van der Waals surface area contributed by atoms with Crippen molar-refractivity contribution < 1.29 is 13.9 Å². The van der Waals surface area contributed by atoms with E-state index in [1.165, 1.54) is 11.1 Å². The highest BCUT2D eigenvalue weighted by Crippen LogP contribution is 2.41. The van der Waals surface area contributed by atoms with Gasteiger partial charge in [0.15, 0.2) is 0 Å². The number of carbonyl (C=O) groups excluding carboxylic acids is 1. The van der Waals surface area contributed by atoms with Gasteiger partial charge in [-0.25, -0.2) is 0 Å². The Kier molecular flexibility index (Phi) is 6.19. The molecule has 2 aromatic carbocycles. The number of allylic oxidation sites excluding steroid dienone is 1. The molecule has 0 aliphatic rings. The summed E-state index contributed by atoms with van der Waals surface area (Å²) in [5.74, 6) is 0.594. The van der Waals surface area contributed by atoms with Crippen LogP contribution in [0.1, 0.15) is 34.1 Å². The third-order valence-electron chi connectivity index (χ3n) is 5.71. The second-order valence-corrected chi connectivity index (χ2v) is 9.08. The van der Waals surface area contributed by atoms with Gasteiger partial charge in [0.05, 0.1) is 19.9 Å². The van der Waals surface area contributed by atoms with Gasteiger partial charge in [0, 0.05) is 33.0 Å². The minimum Gasteiger partial charge on any atom is -0.496 e. The summed E-state index contributed by atoms with van der Waals surface area (Å²) in [5, 5.41) is 5.97. The number of benzene rings is 2. The van der Waals surface area contributed by atoms with Crippen molar-refractivity contribution in [2.24, 2.45) is 0 Å². The Bertz CT molecular complexity index is 1310. The van der Waals surface area contributed by atoms with Gasteiger partial charge in [0.2, 0.25) is 5.91 Å². The van der Waals surface area contributed by atoms with E-state index in [2.05, 4.69) is 43.4 Å². The van der Waals surface area contributed by atoms with Crippen molar-refractivity contribution in [3.63, 3.8) is 0 Å². The van der Waals surface area contributed by atoms with Gasteiger partial charge in [0.1, 0.15) is 11.3 Å². The van der Waals surface area contributed by atoms with Gasteiger partial charge in [-0.2, -0.15) is 0 Å². The maximum absolute atomic E-state index is 12.5. The zero-order valence-electron chi connectivity index (χ0n) is 19.0. The topological polar surface area (TPSA) is 51.5 Å². The molecule has 4 aromatic rings. The second kappa shape index (κ2) is 9.05. The Morgan fingerprint density at radius 2 is 1.97 bits per heavy atom. The normalized spacial score (nSPS) is 11.7. The van der Waals surface area contributed by atoms with Gasteiger partial charge in [-0.3, -0.25) is 4.79 Å². The summed E-state index contributed by atoms with van der Waals surface area (Å²) in [6.07, 6.45) is 3.44. The Morgan fingerprint density at radius 3 is 2.66 bits per heavy atom. The largest absolute Gasteiger partial charge is 0.496 e. The lowest BCUT2D eigenvalue weighted by Crippen LogP contribution is -2.20. The molecule has 5 heteroatoms. The molecule has 0 unspecified atom stereocenters. The molecule has 0 aliphatic heterocycles. The maximum Gasteiger partial charge on any atom is 0.244 e. The predicted octanol–water partition coefficient (Wildman–Crippen LogP) is 6.81. The molecule has 0 radical (unpaired) electrons. The van der Waals surface area contributed by atoms with Crippen LogP contribution in [0.25, 0.3) is 27.7 Å². The summed E-state index contributed by atoms with van der Waals surface area (Å²) in [5.41, 5.74) is 8.05. The van der Waals surface area contributed by atoms with Gasteiger partial charge in [0.25, 0.3) is 0 Å². The van der Waals surface area contributed by atoms with Gasteiger partial charge >= 0.3 is 0 Å². The van der Waals surface area contributed by atoms with E-state index in [0.29, 0.717) is 6.54 Å². The summed E-state index contributed by atoms with van der Waals surface area (Å²) in [6.45, 7) is 8.65. The number of amides is 1. The minimum absolute atomic E-state index is 0.127. The van der Waals surface area contributed by atoms with Crippen molar-refractivity contribution in [1.29, 1.82) is 0 Å². The van der Waals surface area contributed by atoms with Crippen LogP contribution in [0.2, 0.25) is 0 Å². The van der Waals surface area contributed by atoms with Gasteiger partial charge < -0.3 is 14.5 Å². The van der Waals surface area contributed by atoms with E-state index in [1.54, 1.807) is 24.5 Å². The van der Waals surface area contributed by atoms with Crippen molar-refractivity contribution in [3.8, 4) is 16.9 Å². The third-order valence-corrected chi connectivity index (χ3v) is 6.59. The molecular formula is C27H27NO3S. The summed E-state index contributed by atoms with van der Waals surface area (Å²) in [7, 11) is 1.65. The molecule has 2 aromatic heterocycles. The molecule has 32 heavy (non-hydrogen) atoms. The SMILES string of the molecule is COc1c(/C(C)=C/C(=O)NCc2cccs2)cc2c(-c3ccc(C)cc3C)coc2c1C. The van der Waals surface area contributed by atoms with E-state index in [4.69, 9.17) is 9.15 Å². The van der Waals surface area contributed by atoms with Crippen molar-refractivity contribution in [2.45, 2.75) is 34.2 Å². The fraction of sp³-hybridized carbons (Fsp3) is 0.222. The van der Waals surface area contributed by atoms with Gasteiger partial charge in [-0.05, 0) is 61.9 Å². The first kappa shape index (κ1) is 21.9. The van der Waals surface area contributed by atoms with Crippen molar-refractivity contribution in [2.75, 3.05) is 7.11 Å². The van der Waals surface area contributed by atoms with Crippen LogP contribution in [0.3, 0.4) is 0 Å². The number of nitrogens with one attached hydrogen (secondary N) is 1. The molecule has 0 saturated carbocycles. The summed E-state index contributed by atoms with van der Waals surface area (Å²) in [6, 6.07) is 12.5. The Labute approximate surface area is 192 Å². The lowest BCUT2D eigenvalue weighted by Gasteiger charge is -2.14. The zero-order valence-corrected chi connectivity index (χ0v) is 19.9. The van der Waals surface area contributed by atoms with E-state index >= 15 is 0 Å². The third kappa shape index (κ3) is 4.21. The quantitative estimate of drug-likeness (QED) is 0.332. The Balaban J connectivity index is 1.75. The average molecular weight is 446 g/mol. The monoisotopic (exact) mass is 445 g/mol. The Morgan fingerprint density at radius 1 is 1.16 bits per heavy atom. The smallest absolute Gasteiger partial charge is 0.244 e. The number of methoxy groups -OCH3 is 1. The first-order valence-corrected chi connectivity index (χ1v) is 11.4. The molecule has 0 saturated heterocycles. The Hall–Kier alpha value is -3.31. The van der Waals surface area contributed by atoms with E-state index in [0.717, 1.165) is 49.4 Å². The van der Waals surface area contributed by atoms with Crippen LogP contribution in [-0.4, -0.2) is 13.0 Å². The summed E-state index contributed by atoms with van der Waals surface area (Å²) < 4.78 is 11.7. The number of hydrogen-bond donors (Lipinski definition) is 1. The number of carbonyl (C=O) groups is 1. The molecule has 164 valence electrons. The summed E-state index contributed by atoms with van der Waals surface area (Å²) in [4.78, 5) is 13.7. The van der Waals surface area contributed by atoms with Crippen LogP contribution < -0.4 is 10.1 Å². The molecular weight excluding hydrogens is 418 g/mol. The highest BCUT2D eigenvalue weighted by atomic mass is 32.1. The molecule has 0 aliphatic carbocycles. The highest BCUT2D eigenvalue weighted by Gasteiger charge is 2.19. The number of thiophene rings is 1.